The zero-order chi connectivity index (χ0) is 18.8. The molecule has 0 spiro atoms. The van der Waals surface area contributed by atoms with Crippen LogP contribution in [0.1, 0.15) is 33.2 Å². The molecule has 0 aliphatic rings. The van der Waals surface area contributed by atoms with Gasteiger partial charge in [-0.3, -0.25) is 14.9 Å². The molecule has 7 nitrogen and oxygen atoms in total. The van der Waals surface area contributed by atoms with Crippen molar-refractivity contribution in [2.45, 2.75) is 20.0 Å². The van der Waals surface area contributed by atoms with Crippen LogP contribution in [0.5, 0.6) is 0 Å². The van der Waals surface area contributed by atoms with Crippen molar-refractivity contribution in [2.75, 3.05) is 0 Å². The van der Waals surface area contributed by atoms with Gasteiger partial charge in [0.25, 0.3) is 5.69 Å². The first kappa shape index (κ1) is 17.3. The average Bonchev–Trinajstić information content (AvgIpc) is 3.05. The number of nitro groups is 1. The smallest absolute Gasteiger partial charge is 0.339 e. The summed E-state index contributed by atoms with van der Waals surface area (Å²) >= 11 is 0. The van der Waals surface area contributed by atoms with Crippen LogP contribution < -0.4 is 0 Å². The van der Waals surface area contributed by atoms with Crippen molar-refractivity contribution in [3.05, 3.63) is 75.5 Å². The normalized spacial score (nSPS) is 11.9. The SMILES string of the molecule is Cc1ccc(C(=O)O[C@H](C)C(=O)c2c[nH]c3ccccc23)cc1[N+](=O)[O-]. The maximum Gasteiger partial charge on any atom is 0.339 e. The molecule has 0 fully saturated rings. The number of benzene rings is 2. The van der Waals surface area contributed by atoms with Crippen LogP contribution in [0.15, 0.2) is 48.7 Å². The van der Waals surface area contributed by atoms with Crippen LogP contribution in [0.2, 0.25) is 0 Å². The van der Waals surface area contributed by atoms with E-state index in [9.17, 15) is 19.7 Å². The predicted molar refractivity (Wildman–Crippen MR) is 95.3 cm³/mol. The van der Waals surface area contributed by atoms with Crippen molar-refractivity contribution in [1.82, 2.24) is 4.98 Å². The lowest BCUT2D eigenvalue weighted by Gasteiger charge is -2.12. The summed E-state index contributed by atoms with van der Waals surface area (Å²) in [5.41, 5.74) is 1.53. The van der Waals surface area contributed by atoms with Gasteiger partial charge in [-0.1, -0.05) is 24.3 Å². The van der Waals surface area contributed by atoms with Crippen molar-refractivity contribution < 1.29 is 19.2 Å². The first-order chi connectivity index (χ1) is 12.4. The molecular weight excluding hydrogens is 336 g/mol. The highest BCUT2D eigenvalue weighted by Crippen LogP contribution is 2.22. The number of fused-ring (bicyclic) bond motifs is 1. The first-order valence-corrected chi connectivity index (χ1v) is 7.95. The van der Waals surface area contributed by atoms with Gasteiger partial charge in [-0.2, -0.15) is 0 Å². The van der Waals surface area contributed by atoms with Crippen LogP contribution in [-0.4, -0.2) is 27.8 Å². The summed E-state index contributed by atoms with van der Waals surface area (Å²) in [5.74, 6) is -1.13. The zero-order valence-electron chi connectivity index (χ0n) is 14.2. The molecule has 132 valence electrons. The number of carbonyl (C=O) groups excluding carboxylic acids is 2. The Morgan fingerprint density at radius 2 is 1.92 bits per heavy atom. The second-order valence-electron chi connectivity index (χ2n) is 5.92. The Balaban J connectivity index is 1.80. The number of rotatable bonds is 5. The van der Waals surface area contributed by atoms with Gasteiger partial charge in [-0.05, 0) is 26.0 Å². The number of aromatic nitrogens is 1. The molecule has 0 aliphatic heterocycles. The number of hydrogen-bond acceptors (Lipinski definition) is 5. The molecule has 0 amide bonds. The highest BCUT2D eigenvalue weighted by atomic mass is 16.6. The Morgan fingerprint density at radius 1 is 1.19 bits per heavy atom. The number of H-pyrrole nitrogens is 1. The van der Waals surface area contributed by atoms with Gasteiger partial charge in [0.05, 0.1) is 10.5 Å². The van der Waals surface area contributed by atoms with Crippen LogP contribution in [0.25, 0.3) is 10.9 Å². The number of ether oxygens (including phenoxy) is 1. The zero-order valence-corrected chi connectivity index (χ0v) is 14.2. The van der Waals surface area contributed by atoms with Crippen LogP contribution in [-0.2, 0) is 4.74 Å². The quantitative estimate of drug-likeness (QED) is 0.325. The number of aryl methyl sites for hydroxylation is 1. The van der Waals surface area contributed by atoms with Crippen LogP contribution in [0.3, 0.4) is 0 Å². The van der Waals surface area contributed by atoms with E-state index >= 15 is 0 Å². The van der Waals surface area contributed by atoms with Gasteiger partial charge >= 0.3 is 5.97 Å². The number of nitrogens with one attached hydrogen (secondary N) is 1. The average molecular weight is 352 g/mol. The third-order valence-corrected chi connectivity index (χ3v) is 4.15. The summed E-state index contributed by atoms with van der Waals surface area (Å²) in [5, 5.41) is 11.7. The monoisotopic (exact) mass is 352 g/mol. The summed E-state index contributed by atoms with van der Waals surface area (Å²) in [7, 11) is 0. The molecule has 1 aromatic heterocycles. The van der Waals surface area contributed by atoms with Gasteiger partial charge in [-0.15, -0.1) is 0 Å². The van der Waals surface area contributed by atoms with Crippen molar-refractivity contribution >= 4 is 28.3 Å². The highest BCUT2D eigenvalue weighted by molar-refractivity contribution is 6.10. The Labute approximate surface area is 148 Å². The molecule has 0 bridgehead atoms. The molecule has 3 aromatic rings. The number of nitrogens with zero attached hydrogens (tertiary/aromatic N) is 1. The van der Waals surface area contributed by atoms with Crippen molar-refractivity contribution in [1.29, 1.82) is 0 Å². The third kappa shape index (κ3) is 3.19. The standard InChI is InChI=1S/C19H16N2O5/c1-11-7-8-13(9-17(11)21(24)25)19(23)26-12(2)18(22)15-10-20-16-6-4-3-5-14(15)16/h3-10,12,20H,1-2H3/t12-/m1/s1. The van der Waals surface area contributed by atoms with E-state index in [4.69, 9.17) is 4.74 Å². The molecular formula is C19H16N2O5. The molecule has 1 N–H and O–H groups in total. The van der Waals surface area contributed by atoms with Crippen LogP contribution in [0.4, 0.5) is 5.69 Å². The topological polar surface area (TPSA) is 102 Å². The van der Waals surface area contributed by atoms with Crippen LogP contribution in [0, 0.1) is 17.0 Å². The molecule has 0 radical (unpaired) electrons. The van der Waals surface area contributed by atoms with E-state index in [2.05, 4.69) is 4.98 Å². The van der Waals surface area contributed by atoms with Gasteiger partial charge in [0.15, 0.2) is 6.10 Å². The molecule has 0 unspecified atom stereocenters. The molecule has 26 heavy (non-hydrogen) atoms. The number of aromatic amines is 1. The lowest BCUT2D eigenvalue weighted by atomic mass is 10.1. The van der Waals surface area contributed by atoms with Crippen molar-refractivity contribution in [2.24, 2.45) is 0 Å². The van der Waals surface area contributed by atoms with E-state index in [0.717, 1.165) is 17.0 Å². The largest absolute Gasteiger partial charge is 0.451 e. The predicted octanol–water partition coefficient (Wildman–Crippen LogP) is 3.81. The van der Waals surface area contributed by atoms with E-state index in [0.29, 0.717) is 11.1 Å². The number of carbonyl (C=O) groups is 2. The summed E-state index contributed by atoms with van der Waals surface area (Å²) in [6.45, 7) is 3.06. The minimum absolute atomic E-state index is 0.0286. The Kier molecular flexibility index (Phi) is 4.53. The van der Waals surface area contributed by atoms with Gasteiger partial charge in [0.1, 0.15) is 0 Å². The minimum atomic E-state index is -1.03. The molecule has 1 atom stereocenters. The third-order valence-electron chi connectivity index (χ3n) is 4.15. The molecule has 0 aliphatic carbocycles. The van der Waals surface area contributed by atoms with Gasteiger partial charge in [0.2, 0.25) is 5.78 Å². The maximum atomic E-state index is 12.6. The number of hydrogen-bond donors (Lipinski definition) is 1. The Bertz CT molecular complexity index is 1020. The minimum Gasteiger partial charge on any atom is -0.451 e. The Morgan fingerprint density at radius 3 is 2.65 bits per heavy atom. The first-order valence-electron chi connectivity index (χ1n) is 7.95. The fourth-order valence-corrected chi connectivity index (χ4v) is 2.71. The lowest BCUT2D eigenvalue weighted by Crippen LogP contribution is -2.24. The number of Topliss-reactive ketones (excluding diaryl/α,β-unsaturated/α-hetero) is 1. The highest BCUT2D eigenvalue weighted by Gasteiger charge is 2.24. The Hall–Kier alpha value is -3.48. The van der Waals surface area contributed by atoms with Crippen molar-refractivity contribution in [3.63, 3.8) is 0 Å². The van der Waals surface area contributed by atoms with E-state index in [1.807, 2.05) is 18.2 Å². The van der Waals surface area contributed by atoms with Crippen LogP contribution >= 0.6 is 0 Å². The summed E-state index contributed by atoms with van der Waals surface area (Å²) in [6, 6.07) is 11.4. The number of para-hydroxylation sites is 1. The van der Waals surface area contributed by atoms with E-state index < -0.39 is 17.0 Å². The molecule has 7 heteroatoms. The second-order valence-corrected chi connectivity index (χ2v) is 5.92. The van der Waals surface area contributed by atoms with Gasteiger partial charge in [0, 0.05) is 34.3 Å². The molecule has 0 saturated heterocycles. The molecule has 0 saturated carbocycles. The number of nitro benzene ring substituents is 1. The van der Waals surface area contributed by atoms with Gasteiger partial charge < -0.3 is 9.72 Å². The molecule has 2 aromatic carbocycles. The lowest BCUT2D eigenvalue weighted by molar-refractivity contribution is -0.385. The molecule has 3 rings (SSSR count). The van der Waals surface area contributed by atoms with Gasteiger partial charge in [-0.25, -0.2) is 4.79 Å². The second kappa shape index (κ2) is 6.79. The fraction of sp³-hybridized carbons (Fsp3) is 0.158. The summed E-state index contributed by atoms with van der Waals surface area (Å²) in [6.07, 6.45) is 0.552. The molecule has 1 heterocycles. The van der Waals surface area contributed by atoms with E-state index in [1.54, 1.807) is 19.2 Å². The maximum absolute atomic E-state index is 12.6. The summed E-state index contributed by atoms with van der Waals surface area (Å²) in [4.78, 5) is 38.3. The van der Waals surface area contributed by atoms with E-state index in [1.165, 1.54) is 19.1 Å². The number of esters is 1. The fourth-order valence-electron chi connectivity index (χ4n) is 2.71. The summed E-state index contributed by atoms with van der Waals surface area (Å²) < 4.78 is 5.22. The van der Waals surface area contributed by atoms with E-state index in [-0.39, 0.29) is 17.0 Å². The van der Waals surface area contributed by atoms with Crippen molar-refractivity contribution in [3.8, 4) is 0 Å². The number of ketones is 1.